The molecule has 0 atom stereocenters. The normalized spacial score (nSPS) is 15.9. The average molecular weight is 235 g/mol. The Morgan fingerprint density at radius 2 is 2.12 bits per heavy atom. The van der Waals surface area contributed by atoms with Crippen LogP contribution >= 0.6 is 0 Å². The number of amides is 2. The molecule has 1 aliphatic rings. The van der Waals surface area contributed by atoms with Gasteiger partial charge in [-0.1, -0.05) is 18.2 Å². The number of piperazine rings is 1. The van der Waals surface area contributed by atoms with Crippen molar-refractivity contribution < 1.29 is 14.8 Å². The first-order valence-corrected chi connectivity index (χ1v) is 5.24. The lowest BCUT2D eigenvalue weighted by atomic mass is 10.1. The van der Waals surface area contributed by atoms with E-state index < -0.39 is 0 Å². The van der Waals surface area contributed by atoms with Crippen LogP contribution in [0.3, 0.4) is 0 Å². The lowest BCUT2D eigenvalue weighted by Gasteiger charge is -2.28. The number of carbonyl (C=O) groups is 2. The Morgan fingerprint density at radius 3 is 2.88 bits per heavy atom. The molecule has 1 heterocycles. The third-order valence-corrected chi connectivity index (χ3v) is 2.59. The van der Waals surface area contributed by atoms with Crippen LogP contribution in [-0.2, 0) is 16.1 Å². The lowest BCUT2D eigenvalue weighted by Crippen LogP contribution is -2.52. The first kappa shape index (κ1) is 11.6. The van der Waals surface area contributed by atoms with Crippen LogP contribution in [0, 0.1) is 0 Å². The SMILES string of the molecule is O=C1CN(c2ccccc2CNO)C(=O)CN1. The van der Waals surface area contributed by atoms with E-state index in [2.05, 4.69) is 10.8 Å². The van der Waals surface area contributed by atoms with Crippen molar-refractivity contribution in [3.63, 3.8) is 0 Å². The fourth-order valence-electron chi connectivity index (χ4n) is 1.79. The van der Waals surface area contributed by atoms with Crippen LogP contribution in [0.2, 0.25) is 0 Å². The Balaban J connectivity index is 2.31. The van der Waals surface area contributed by atoms with Gasteiger partial charge in [-0.25, -0.2) is 5.48 Å². The number of hydrogen-bond donors (Lipinski definition) is 3. The summed E-state index contributed by atoms with van der Waals surface area (Å²) >= 11 is 0. The summed E-state index contributed by atoms with van der Waals surface area (Å²) in [6, 6.07) is 7.14. The molecule has 0 bridgehead atoms. The lowest BCUT2D eigenvalue weighted by molar-refractivity contribution is -0.128. The van der Waals surface area contributed by atoms with Gasteiger partial charge in [0.05, 0.1) is 6.54 Å². The zero-order valence-electron chi connectivity index (χ0n) is 9.14. The van der Waals surface area contributed by atoms with Gasteiger partial charge >= 0.3 is 0 Å². The summed E-state index contributed by atoms with van der Waals surface area (Å²) in [7, 11) is 0. The van der Waals surface area contributed by atoms with Crippen LogP contribution < -0.4 is 15.7 Å². The van der Waals surface area contributed by atoms with Gasteiger partial charge in [0, 0.05) is 12.2 Å². The number of hydrogen-bond acceptors (Lipinski definition) is 4. The van der Waals surface area contributed by atoms with Gasteiger partial charge in [-0.2, -0.15) is 0 Å². The van der Waals surface area contributed by atoms with Gasteiger partial charge < -0.3 is 15.4 Å². The van der Waals surface area contributed by atoms with Crippen LogP contribution in [0.4, 0.5) is 5.69 Å². The minimum Gasteiger partial charge on any atom is -0.345 e. The summed E-state index contributed by atoms with van der Waals surface area (Å²) < 4.78 is 0. The largest absolute Gasteiger partial charge is 0.345 e. The molecule has 90 valence electrons. The van der Waals surface area contributed by atoms with Crippen LogP contribution in [0.1, 0.15) is 5.56 Å². The maximum absolute atomic E-state index is 11.7. The molecule has 1 saturated heterocycles. The second-order valence-corrected chi connectivity index (χ2v) is 3.72. The molecule has 0 aliphatic carbocycles. The van der Waals surface area contributed by atoms with Gasteiger partial charge in [0.2, 0.25) is 11.8 Å². The number of nitrogens with one attached hydrogen (secondary N) is 2. The Bertz CT molecular complexity index is 447. The Morgan fingerprint density at radius 1 is 1.35 bits per heavy atom. The molecular weight excluding hydrogens is 222 g/mol. The van der Waals surface area contributed by atoms with Crippen molar-refractivity contribution in [1.29, 1.82) is 0 Å². The van der Waals surface area contributed by atoms with Crippen LogP contribution in [0.25, 0.3) is 0 Å². The van der Waals surface area contributed by atoms with Gasteiger partial charge in [0.25, 0.3) is 0 Å². The maximum atomic E-state index is 11.7. The Kier molecular flexibility index (Phi) is 3.36. The number of para-hydroxylation sites is 1. The Labute approximate surface area is 98.2 Å². The molecule has 0 saturated carbocycles. The van der Waals surface area contributed by atoms with E-state index >= 15 is 0 Å². The molecule has 17 heavy (non-hydrogen) atoms. The van der Waals surface area contributed by atoms with Crippen molar-refractivity contribution in [3.8, 4) is 0 Å². The highest BCUT2D eigenvalue weighted by Crippen LogP contribution is 2.21. The van der Waals surface area contributed by atoms with E-state index in [4.69, 9.17) is 5.21 Å². The quantitative estimate of drug-likeness (QED) is 0.624. The van der Waals surface area contributed by atoms with Crippen molar-refractivity contribution in [2.45, 2.75) is 6.54 Å². The van der Waals surface area contributed by atoms with E-state index in [0.29, 0.717) is 5.69 Å². The van der Waals surface area contributed by atoms with Crippen molar-refractivity contribution >= 4 is 17.5 Å². The van der Waals surface area contributed by atoms with E-state index in [-0.39, 0.29) is 31.4 Å². The summed E-state index contributed by atoms with van der Waals surface area (Å²) in [4.78, 5) is 24.4. The van der Waals surface area contributed by atoms with E-state index in [1.807, 2.05) is 6.07 Å². The van der Waals surface area contributed by atoms with Gasteiger partial charge in [0.15, 0.2) is 0 Å². The monoisotopic (exact) mass is 235 g/mol. The fraction of sp³-hybridized carbons (Fsp3) is 0.273. The van der Waals surface area contributed by atoms with Crippen LogP contribution in [0.15, 0.2) is 24.3 Å². The van der Waals surface area contributed by atoms with Crippen LogP contribution in [-0.4, -0.2) is 30.1 Å². The van der Waals surface area contributed by atoms with E-state index in [1.165, 1.54) is 4.90 Å². The average Bonchev–Trinajstić information content (AvgIpc) is 2.34. The van der Waals surface area contributed by atoms with Crippen molar-refractivity contribution in [3.05, 3.63) is 29.8 Å². The Hall–Kier alpha value is -1.92. The molecule has 2 amide bonds. The maximum Gasteiger partial charge on any atom is 0.246 e. The molecular formula is C11H13N3O3. The predicted molar refractivity (Wildman–Crippen MR) is 60.4 cm³/mol. The molecule has 1 aromatic rings. The number of rotatable bonds is 3. The molecule has 0 spiro atoms. The molecule has 1 fully saturated rings. The summed E-state index contributed by atoms with van der Waals surface area (Å²) in [6.45, 7) is 0.253. The molecule has 2 rings (SSSR count). The molecule has 6 nitrogen and oxygen atoms in total. The zero-order chi connectivity index (χ0) is 12.3. The molecule has 1 aliphatic heterocycles. The molecule has 0 unspecified atom stereocenters. The van der Waals surface area contributed by atoms with Gasteiger partial charge in [-0.05, 0) is 11.6 Å². The van der Waals surface area contributed by atoms with Gasteiger partial charge in [-0.15, -0.1) is 0 Å². The highest BCUT2D eigenvalue weighted by Gasteiger charge is 2.25. The van der Waals surface area contributed by atoms with Crippen molar-refractivity contribution in [2.75, 3.05) is 18.0 Å². The number of hydroxylamine groups is 1. The molecule has 6 heteroatoms. The van der Waals surface area contributed by atoms with Crippen molar-refractivity contribution in [1.82, 2.24) is 10.8 Å². The zero-order valence-corrected chi connectivity index (χ0v) is 9.14. The van der Waals surface area contributed by atoms with Gasteiger partial charge in [-0.3, -0.25) is 9.59 Å². The predicted octanol–water partition coefficient (Wildman–Crippen LogP) is -0.372. The minimum atomic E-state index is -0.184. The fourth-order valence-corrected chi connectivity index (χ4v) is 1.79. The second kappa shape index (κ2) is 4.94. The van der Waals surface area contributed by atoms with Gasteiger partial charge in [0.1, 0.15) is 6.54 Å². The summed E-state index contributed by atoms with van der Waals surface area (Å²) in [5.74, 6) is -0.341. The topological polar surface area (TPSA) is 81.7 Å². The van der Waals surface area contributed by atoms with E-state index in [1.54, 1.807) is 18.2 Å². The first-order valence-electron chi connectivity index (χ1n) is 5.24. The highest BCUT2D eigenvalue weighted by molar-refractivity contribution is 6.04. The van der Waals surface area contributed by atoms with E-state index in [0.717, 1.165) is 5.56 Å². The summed E-state index contributed by atoms with van der Waals surface area (Å²) in [6.07, 6.45) is 0. The standard InChI is InChI=1S/C11H13N3O3/c15-10-7-14(11(16)6-12-10)9-4-2-1-3-8(9)5-13-17/h1-4,13,17H,5-7H2,(H,12,15). The number of carbonyl (C=O) groups excluding carboxylic acids is 2. The summed E-state index contributed by atoms with van der Waals surface area (Å²) in [5.41, 5.74) is 3.46. The number of benzene rings is 1. The van der Waals surface area contributed by atoms with Crippen LogP contribution in [0.5, 0.6) is 0 Å². The molecule has 3 N–H and O–H groups in total. The number of nitrogens with zero attached hydrogens (tertiary/aromatic N) is 1. The third-order valence-electron chi connectivity index (χ3n) is 2.59. The minimum absolute atomic E-state index is 0.0136. The summed E-state index contributed by atoms with van der Waals surface area (Å²) in [5, 5.41) is 11.2. The second-order valence-electron chi connectivity index (χ2n) is 3.72. The third kappa shape index (κ3) is 2.43. The van der Waals surface area contributed by atoms with Crippen molar-refractivity contribution in [2.24, 2.45) is 0 Å². The molecule has 1 aromatic carbocycles. The molecule has 0 aromatic heterocycles. The number of anilines is 1. The van der Waals surface area contributed by atoms with E-state index in [9.17, 15) is 9.59 Å². The molecule has 0 radical (unpaired) electrons. The smallest absolute Gasteiger partial charge is 0.246 e. The first-order chi connectivity index (χ1) is 8.22. The highest BCUT2D eigenvalue weighted by atomic mass is 16.5.